The molecular formula is C100H54O4. The molecule has 0 amide bonds. The van der Waals surface area contributed by atoms with Gasteiger partial charge in [-0.3, -0.25) is 0 Å². The standard InChI is InChI=1S/C100H54O4/c1-39-15-51-55-19-43(5)27-63-71-35-49(36-72-64-28-44(6)20-56-52-16-40(2)24-60-68-32-47(11-13-75(101)103-9)31-67-59(23-39)77(51)89-93(81(55)63)99(87(71)72)94(82(56)64)90(78(52)60)97(89)85(67)68)50-37-73-65-29-45(7)21-57-53-17-41(3)25-61-69-33-48(12-14-76(102)104-10)34-70-62-26-42(4)18-54-58-22-46(8)30-66-74(38-50)88(73)100-95(83(57)65)91(79(53)61)98(86(69)70)92(80(54)62)96(100)84(58)66/h15-38H,1-10H3. The first-order valence-electron chi connectivity index (χ1n) is 36.2. The first kappa shape index (κ1) is 54.9. The van der Waals surface area contributed by atoms with Gasteiger partial charge < -0.3 is 9.47 Å². The van der Waals surface area contributed by atoms with E-state index in [-0.39, 0.29) is 0 Å². The number of esters is 2. The summed E-state index contributed by atoms with van der Waals surface area (Å²) in [6, 6.07) is 58.9. The molecule has 26 aromatic rings. The van der Waals surface area contributed by atoms with Crippen molar-refractivity contribution < 1.29 is 19.1 Å². The highest BCUT2D eigenvalue weighted by Crippen LogP contribution is 2.65. The van der Waals surface area contributed by atoms with Crippen LogP contribution < -0.4 is 0 Å². The molecule has 0 aromatic heterocycles. The fourth-order valence-electron chi connectivity index (χ4n) is 22.5. The van der Waals surface area contributed by atoms with E-state index in [2.05, 4.69) is 225 Å². The molecule has 0 bridgehead atoms. The number of hydrogen-bond donors (Lipinski definition) is 0. The third-order valence-electron chi connectivity index (χ3n) is 25.6. The number of methoxy groups -OCH3 is 2. The fraction of sp³-hybridized carbons (Fsp3) is 0.100. The van der Waals surface area contributed by atoms with Crippen molar-refractivity contribution >= 4 is 270 Å². The number of hydrogen-bond acceptors (Lipinski definition) is 4. The molecule has 478 valence electrons. The van der Waals surface area contributed by atoms with Crippen LogP contribution in [0.15, 0.2) is 146 Å². The molecule has 26 aromatic carbocycles. The molecule has 4 nitrogen and oxygen atoms in total. The average Bonchev–Trinajstić information content (AvgIpc) is 0.647. The molecule has 0 radical (unpaired) electrons. The lowest BCUT2D eigenvalue weighted by Crippen LogP contribution is -2.02. The molecule has 0 atom stereocenters. The lowest BCUT2D eigenvalue weighted by molar-refractivity contribution is -0.134. The van der Waals surface area contributed by atoms with E-state index >= 15 is 0 Å². The normalized spacial score (nSPS) is 13.2. The third kappa shape index (κ3) is 5.95. The van der Waals surface area contributed by atoms with Crippen LogP contribution in [0.4, 0.5) is 0 Å². The van der Waals surface area contributed by atoms with E-state index in [1.807, 2.05) is 0 Å². The summed E-state index contributed by atoms with van der Waals surface area (Å²) in [7, 11) is 2.79. The molecule has 0 unspecified atom stereocenters. The van der Waals surface area contributed by atoms with Crippen molar-refractivity contribution in [3.05, 3.63) is 201 Å². The highest BCUT2D eigenvalue weighted by molar-refractivity contribution is 6.64. The second-order valence-corrected chi connectivity index (χ2v) is 31.6. The number of fused-ring (bicyclic) bond motifs is 12. The van der Waals surface area contributed by atoms with Crippen LogP contribution in [-0.2, 0) is 19.1 Å². The first-order chi connectivity index (χ1) is 50.6. The molecule has 0 saturated carbocycles. The molecule has 0 aliphatic rings. The number of ether oxygens (including phenoxy) is 2. The van der Waals surface area contributed by atoms with E-state index in [0.717, 1.165) is 32.7 Å². The van der Waals surface area contributed by atoms with Crippen molar-refractivity contribution in [1.29, 1.82) is 0 Å². The summed E-state index contributed by atoms with van der Waals surface area (Å²) in [4.78, 5) is 25.6. The summed E-state index contributed by atoms with van der Waals surface area (Å²) >= 11 is 0. The van der Waals surface area contributed by atoms with Gasteiger partial charge in [0.2, 0.25) is 0 Å². The summed E-state index contributed by atoms with van der Waals surface area (Å²) in [5.41, 5.74) is 13.7. The van der Waals surface area contributed by atoms with Crippen LogP contribution in [0.5, 0.6) is 0 Å². The van der Waals surface area contributed by atoms with Gasteiger partial charge in [0.15, 0.2) is 0 Å². The monoisotopic (exact) mass is 1320 g/mol. The topological polar surface area (TPSA) is 52.6 Å². The molecule has 0 heterocycles. The molecular weight excluding hydrogens is 1270 g/mol. The number of carbonyl (C=O) groups is 2. The van der Waals surface area contributed by atoms with E-state index in [0.29, 0.717) is 0 Å². The van der Waals surface area contributed by atoms with E-state index in [4.69, 9.17) is 9.47 Å². The van der Waals surface area contributed by atoms with Crippen LogP contribution in [0.1, 0.15) is 55.6 Å². The maximum atomic E-state index is 12.8. The second-order valence-electron chi connectivity index (χ2n) is 31.6. The summed E-state index contributed by atoms with van der Waals surface area (Å²) in [5, 5.41) is 61.8. The molecule has 26 rings (SSSR count). The lowest BCUT2D eigenvalue weighted by atomic mass is 9.72. The largest absolute Gasteiger partial charge is 0.459 e. The molecule has 0 N–H and O–H groups in total. The molecule has 0 aliphatic carbocycles. The van der Waals surface area contributed by atoms with Crippen molar-refractivity contribution in [3.8, 4) is 34.8 Å². The smallest absolute Gasteiger partial charge is 0.384 e. The van der Waals surface area contributed by atoms with Crippen LogP contribution in [0.3, 0.4) is 0 Å². The second kappa shape index (κ2) is 17.4. The zero-order valence-corrected chi connectivity index (χ0v) is 58.5. The Balaban J connectivity index is 0.881. The summed E-state index contributed by atoms with van der Waals surface area (Å²) in [5.74, 6) is 11.1. The van der Waals surface area contributed by atoms with Crippen LogP contribution in [0, 0.1) is 79.1 Å². The van der Waals surface area contributed by atoms with E-state index < -0.39 is 11.9 Å². The highest BCUT2D eigenvalue weighted by Gasteiger charge is 2.36. The Morgan fingerprint density at radius 2 is 0.317 bits per heavy atom. The minimum atomic E-state index is -0.551. The van der Waals surface area contributed by atoms with Crippen LogP contribution in [-0.4, -0.2) is 26.2 Å². The van der Waals surface area contributed by atoms with Crippen molar-refractivity contribution in [2.24, 2.45) is 0 Å². The van der Waals surface area contributed by atoms with Crippen LogP contribution >= 0.6 is 0 Å². The number of carbonyl (C=O) groups excluding carboxylic acids is 2. The van der Waals surface area contributed by atoms with Crippen molar-refractivity contribution in [1.82, 2.24) is 0 Å². The number of benzene rings is 26. The van der Waals surface area contributed by atoms with E-state index in [1.165, 1.54) is 307 Å². The molecule has 0 aliphatic heterocycles. The minimum absolute atomic E-state index is 0.551. The van der Waals surface area contributed by atoms with Gasteiger partial charge in [-0.05, 0) is 418 Å². The summed E-state index contributed by atoms with van der Waals surface area (Å²) in [6.45, 7) is 18.2. The molecule has 104 heavy (non-hydrogen) atoms. The predicted octanol–water partition coefficient (Wildman–Crippen LogP) is 25.8. The quantitative estimate of drug-likeness (QED) is 0.0711. The Morgan fingerprint density at radius 3 is 0.452 bits per heavy atom. The Bertz CT molecular complexity index is 7830. The SMILES string of the molecule is COC(=O)C#Cc1cc2c3cc(C)cc4c5cc(C)cc6c7cc(-c8cc9c%10cc(C)cc%11c%12cc(C)cc%13c%14cc(C#CC(=O)OC)cc%15c%16cc(C)cc%17c%18cc(C)cc%19c(c8)c9c8c(c%11%10)c(c%12%13)c(c%14%15)c(c%17%16)c8c%18%19)cc8c9cc(C)cc%10c%11cc(C)cc%12c(c1)c2c1c(c43)c(c56)c(c78)c(c%109)c1c%11%12. The Morgan fingerprint density at radius 1 is 0.192 bits per heavy atom. The number of aryl methyl sites for hydroxylation is 8. The van der Waals surface area contributed by atoms with Crippen molar-refractivity contribution in [2.75, 3.05) is 14.2 Å². The highest BCUT2D eigenvalue weighted by atomic mass is 16.5. The van der Waals surface area contributed by atoms with Gasteiger partial charge in [0, 0.05) is 23.0 Å². The minimum Gasteiger partial charge on any atom is -0.459 e. The van der Waals surface area contributed by atoms with Crippen molar-refractivity contribution in [3.63, 3.8) is 0 Å². The van der Waals surface area contributed by atoms with Gasteiger partial charge in [-0.1, -0.05) is 109 Å². The van der Waals surface area contributed by atoms with Gasteiger partial charge in [-0.15, -0.1) is 0 Å². The lowest BCUT2D eigenvalue weighted by Gasteiger charge is -2.30. The molecule has 4 heteroatoms. The van der Waals surface area contributed by atoms with Gasteiger partial charge >= 0.3 is 11.9 Å². The van der Waals surface area contributed by atoms with E-state index in [1.54, 1.807) is 0 Å². The first-order valence-corrected chi connectivity index (χ1v) is 36.2. The van der Waals surface area contributed by atoms with Crippen molar-refractivity contribution in [2.45, 2.75) is 55.4 Å². The van der Waals surface area contributed by atoms with Gasteiger partial charge in [0.25, 0.3) is 0 Å². The zero-order chi connectivity index (χ0) is 69.0. The molecule has 0 spiro atoms. The number of rotatable bonds is 1. The Hall–Kier alpha value is -12.9. The Kier molecular flexibility index (Phi) is 9.16. The molecule has 0 saturated heterocycles. The Labute approximate surface area is 591 Å². The van der Waals surface area contributed by atoms with Gasteiger partial charge in [0.05, 0.1) is 14.2 Å². The van der Waals surface area contributed by atoms with Crippen LogP contribution in [0.2, 0.25) is 0 Å². The van der Waals surface area contributed by atoms with Gasteiger partial charge in [-0.25, -0.2) is 9.59 Å². The zero-order valence-electron chi connectivity index (χ0n) is 58.5. The summed E-state index contributed by atoms with van der Waals surface area (Å²) < 4.78 is 10.2. The van der Waals surface area contributed by atoms with Crippen LogP contribution in [0.25, 0.3) is 270 Å². The van der Waals surface area contributed by atoms with Gasteiger partial charge in [-0.2, -0.15) is 0 Å². The maximum absolute atomic E-state index is 12.8. The fourth-order valence-corrected chi connectivity index (χ4v) is 22.5. The maximum Gasteiger partial charge on any atom is 0.384 e. The predicted molar refractivity (Wildman–Crippen MR) is 442 cm³/mol. The average molecular weight is 1320 g/mol. The third-order valence-corrected chi connectivity index (χ3v) is 25.6. The van der Waals surface area contributed by atoms with Gasteiger partial charge in [0.1, 0.15) is 0 Å². The summed E-state index contributed by atoms with van der Waals surface area (Å²) in [6.07, 6.45) is 0. The van der Waals surface area contributed by atoms with E-state index in [9.17, 15) is 9.59 Å². The molecule has 0 fully saturated rings.